The molecule has 0 spiro atoms. The lowest BCUT2D eigenvalue weighted by Crippen LogP contribution is -2.17. The smallest absolute Gasteiger partial charge is 0.406 e. The Bertz CT molecular complexity index is 586. The predicted molar refractivity (Wildman–Crippen MR) is 72.9 cm³/mol. The minimum Gasteiger partial charge on any atom is -0.406 e. The number of ether oxygens (including phenoxy) is 1. The topological polar surface area (TPSA) is 25.0 Å². The van der Waals surface area contributed by atoms with E-state index in [4.69, 9.17) is 0 Å². The highest BCUT2D eigenvalue weighted by Gasteiger charge is 2.31. The third kappa shape index (κ3) is 3.46. The van der Waals surface area contributed by atoms with Crippen LogP contribution in [0.15, 0.2) is 24.4 Å². The van der Waals surface area contributed by atoms with E-state index in [0.717, 1.165) is 22.9 Å². The summed E-state index contributed by atoms with van der Waals surface area (Å²) >= 11 is 0. The first kappa shape index (κ1) is 14.8. The van der Waals surface area contributed by atoms with E-state index in [1.165, 1.54) is 12.1 Å². The molecule has 0 aliphatic carbocycles. The van der Waals surface area contributed by atoms with Crippen LogP contribution in [-0.2, 0) is 0 Å². The normalized spacial score (nSPS) is 13.9. The molecule has 0 aliphatic heterocycles. The van der Waals surface area contributed by atoms with Crippen LogP contribution in [0, 0.1) is 5.92 Å². The highest BCUT2D eigenvalue weighted by atomic mass is 19.4. The Balaban J connectivity index is 2.35. The van der Waals surface area contributed by atoms with E-state index in [-0.39, 0.29) is 11.7 Å². The Labute approximate surface area is 115 Å². The van der Waals surface area contributed by atoms with Gasteiger partial charge in [-0.2, -0.15) is 0 Å². The van der Waals surface area contributed by atoms with Crippen molar-refractivity contribution in [2.45, 2.75) is 39.5 Å². The molecule has 0 aliphatic rings. The molecule has 1 unspecified atom stereocenters. The average molecular weight is 285 g/mol. The minimum absolute atomic E-state index is 0.178. The summed E-state index contributed by atoms with van der Waals surface area (Å²) in [5.41, 5.74) is 1.85. The number of halogens is 3. The average Bonchev–Trinajstić information content (AvgIpc) is 2.68. The second-order valence-electron chi connectivity index (χ2n) is 5.53. The molecule has 0 bridgehead atoms. The van der Waals surface area contributed by atoms with Crippen LogP contribution in [0.25, 0.3) is 10.9 Å². The number of fused-ring (bicyclic) bond motifs is 1. The van der Waals surface area contributed by atoms with Crippen molar-refractivity contribution in [2.75, 3.05) is 0 Å². The number of rotatable bonds is 4. The first-order valence-corrected chi connectivity index (χ1v) is 6.63. The van der Waals surface area contributed by atoms with Gasteiger partial charge in [-0.15, -0.1) is 13.2 Å². The van der Waals surface area contributed by atoms with Gasteiger partial charge < -0.3 is 9.72 Å². The lowest BCUT2D eigenvalue weighted by molar-refractivity contribution is -0.274. The summed E-state index contributed by atoms with van der Waals surface area (Å²) in [6.07, 6.45) is -1.81. The molecule has 5 heteroatoms. The van der Waals surface area contributed by atoms with Gasteiger partial charge in [0.05, 0.1) is 0 Å². The Kier molecular flexibility index (Phi) is 3.97. The van der Waals surface area contributed by atoms with Crippen molar-refractivity contribution in [2.24, 2.45) is 5.92 Å². The predicted octanol–water partition coefficient (Wildman–Crippen LogP) is 5.22. The molecular weight excluding hydrogens is 267 g/mol. The highest BCUT2D eigenvalue weighted by Crippen LogP contribution is 2.33. The zero-order chi connectivity index (χ0) is 14.9. The molecule has 20 heavy (non-hydrogen) atoms. The van der Waals surface area contributed by atoms with Gasteiger partial charge in [0.2, 0.25) is 0 Å². The lowest BCUT2D eigenvalue weighted by Gasteiger charge is -2.14. The molecule has 1 aromatic heterocycles. The standard InChI is InChI=1S/C15H18F3NO/c1-9(2)6-10(3)13-8-19-14-5-4-11(7-12(13)14)20-15(16,17)18/h4-5,7-10,19H,6H2,1-3H3. The molecule has 110 valence electrons. The minimum atomic E-state index is -4.66. The number of hydrogen-bond donors (Lipinski definition) is 1. The molecular formula is C15H18F3NO. The van der Waals surface area contributed by atoms with Gasteiger partial charge in [0.25, 0.3) is 0 Å². The van der Waals surface area contributed by atoms with Crippen molar-refractivity contribution in [3.63, 3.8) is 0 Å². The first-order valence-electron chi connectivity index (χ1n) is 6.63. The maximum Gasteiger partial charge on any atom is 0.573 e. The molecule has 1 heterocycles. The molecule has 2 rings (SSSR count). The molecule has 0 amide bonds. The monoisotopic (exact) mass is 285 g/mol. The fourth-order valence-corrected chi connectivity index (χ4v) is 2.56. The first-order chi connectivity index (χ1) is 9.26. The van der Waals surface area contributed by atoms with Crippen LogP contribution >= 0.6 is 0 Å². The van der Waals surface area contributed by atoms with Crippen LogP contribution in [-0.4, -0.2) is 11.3 Å². The van der Waals surface area contributed by atoms with Crippen molar-refractivity contribution in [3.05, 3.63) is 30.0 Å². The summed E-state index contributed by atoms with van der Waals surface area (Å²) in [5, 5.41) is 0.792. The van der Waals surface area contributed by atoms with E-state index in [1.54, 1.807) is 6.07 Å². The zero-order valence-corrected chi connectivity index (χ0v) is 11.7. The van der Waals surface area contributed by atoms with Crippen LogP contribution in [0.1, 0.15) is 38.7 Å². The van der Waals surface area contributed by atoms with Gasteiger partial charge in [0.15, 0.2) is 0 Å². The molecule has 1 N–H and O–H groups in total. The SMILES string of the molecule is CC(C)CC(C)c1c[nH]c2ccc(OC(F)(F)F)cc12. The van der Waals surface area contributed by atoms with E-state index in [1.807, 2.05) is 6.20 Å². The number of H-pyrrole nitrogens is 1. The molecule has 0 radical (unpaired) electrons. The fraction of sp³-hybridized carbons (Fsp3) is 0.467. The van der Waals surface area contributed by atoms with E-state index in [9.17, 15) is 13.2 Å². The van der Waals surface area contributed by atoms with Crippen LogP contribution in [0.3, 0.4) is 0 Å². The number of alkyl halides is 3. The lowest BCUT2D eigenvalue weighted by atomic mass is 9.92. The molecule has 1 atom stereocenters. The molecule has 2 aromatic rings. The number of aromatic nitrogens is 1. The molecule has 0 saturated heterocycles. The number of hydrogen-bond acceptors (Lipinski definition) is 1. The van der Waals surface area contributed by atoms with Gasteiger partial charge in [-0.05, 0) is 42.0 Å². The van der Waals surface area contributed by atoms with Gasteiger partial charge in [-0.1, -0.05) is 20.8 Å². The third-order valence-electron chi connectivity index (χ3n) is 3.27. The van der Waals surface area contributed by atoms with Crippen molar-refractivity contribution >= 4 is 10.9 Å². The van der Waals surface area contributed by atoms with Gasteiger partial charge in [-0.25, -0.2) is 0 Å². The van der Waals surface area contributed by atoms with E-state index in [0.29, 0.717) is 5.92 Å². The summed E-state index contributed by atoms with van der Waals surface area (Å²) in [7, 11) is 0. The van der Waals surface area contributed by atoms with Crippen molar-refractivity contribution in [1.29, 1.82) is 0 Å². The van der Waals surface area contributed by atoms with Gasteiger partial charge in [0.1, 0.15) is 5.75 Å². The summed E-state index contributed by atoms with van der Waals surface area (Å²) < 4.78 is 40.8. The summed E-state index contributed by atoms with van der Waals surface area (Å²) in [6.45, 7) is 6.34. The second-order valence-corrected chi connectivity index (χ2v) is 5.53. The number of benzene rings is 1. The summed E-state index contributed by atoms with van der Waals surface area (Å²) in [6, 6.07) is 4.39. The quantitative estimate of drug-likeness (QED) is 0.819. The molecule has 0 fully saturated rings. The zero-order valence-electron chi connectivity index (χ0n) is 11.7. The summed E-state index contributed by atoms with van der Waals surface area (Å²) in [4.78, 5) is 3.10. The Morgan fingerprint density at radius 3 is 2.50 bits per heavy atom. The van der Waals surface area contributed by atoms with Crippen molar-refractivity contribution in [3.8, 4) is 5.75 Å². The molecule has 0 saturated carbocycles. The van der Waals surface area contributed by atoms with Crippen LogP contribution in [0.2, 0.25) is 0 Å². The third-order valence-corrected chi connectivity index (χ3v) is 3.27. The maximum absolute atomic E-state index is 12.3. The second kappa shape index (κ2) is 5.38. The van der Waals surface area contributed by atoms with Crippen molar-refractivity contribution in [1.82, 2.24) is 4.98 Å². The fourth-order valence-electron chi connectivity index (χ4n) is 2.56. The number of aromatic amines is 1. The molecule has 1 aromatic carbocycles. The highest BCUT2D eigenvalue weighted by molar-refractivity contribution is 5.85. The van der Waals surface area contributed by atoms with Crippen LogP contribution in [0.5, 0.6) is 5.75 Å². The van der Waals surface area contributed by atoms with Crippen LogP contribution in [0.4, 0.5) is 13.2 Å². The van der Waals surface area contributed by atoms with E-state index < -0.39 is 6.36 Å². The largest absolute Gasteiger partial charge is 0.573 e. The van der Waals surface area contributed by atoms with Gasteiger partial charge in [0, 0.05) is 17.1 Å². The number of nitrogens with one attached hydrogen (secondary N) is 1. The van der Waals surface area contributed by atoms with E-state index >= 15 is 0 Å². The van der Waals surface area contributed by atoms with Crippen LogP contribution < -0.4 is 4.74 Å². The Hall–Kier alpha value is -1.65. The van der Waals surface area contributed by atoms with Crippen molar-refractivity contribution < 1.29 is 17.9 Å². The Morgan fingerprint density at radius 1 is 1.20 bits per heavy atom. The summed E-state index contributed by atoms with van der Waals surface area (Å²) in [5.74, 6) is 0.636. The molecule has 2 nitrogen and oxygen atoms in total. The van der Waals surface area contributed by atoms with Gasteiger partial charge >= 0.3 is 6.36 Å². The maximum atomic E-state index is 12.3. The van der Waals surface area contributed by atoms with Gasteiger partial charge in [-0.3, -0.25) is 0 Å². The Morgan fingerprint density at radius 2 is 1.90 bits per heavy atom. The van der Waals surface area contributed by atoms with E-state index in [2.05, 4.69) is 30.5 Å².